The molecule has 1 aromatic carbocycles. The van der Waals surface area contributed by atoms with Crippen molar-refractivity contribution in [2.75, 3.05) is 16.8 Å². The molecule has 1 heterocycles. The van der Waals surface area contributed by atoms with E-state index in [-0.39, 0.29) is 0 Å². The van der Waals surface area contributed by atoms with Crippen LogP contribution in [0.3, 0.4) is 0 Å². The second-order valence-corrected chi connectivity index (χ2v) is 4.31. The van der Waals surface area contributed by atoms with Gasteiger partial charge in [0.1, 0.15) is 12.2 Å². The molecule has 1 aliphatic heterocycles. The summed E-state index contributed by atoms with van der Waals surface area (Å²) in [5.41, 5.74) is 1.09. The minimum absolute atomic E-state index is 0.893. The smallest absolute Gasteiger partial charge is 0.127 e. The molecule has 0 atom stereocenters. The topological polar surface area (TPSA) is 18.8 Å². The fourth-order valence-corrected chi connectivity index (χ4v) is 1.82. The van der Waals surface area contributed by atoms with Gasteiger partial charge in [0, 0.05) is 17.6 Å². The number of benzene rings is 1. The number of para-hydroxylation sites is 1. The Morgan fingerprint density at radius 3 is 2.69 bits per heavy atom. The average Bonchev–Trinajstić information content (AvgIpc) is 2.69. The number of hydrazone groups is 1. The van der Waals surface area contributed by atoms with Crippen LogP contribution in [-0.2, 0) is 0 Å². The van der Waals surface area contributed by atoms with Gasteiger partial charge in [-0.1, -0.05) is 40.7 Å². The van der Waals surface area contributed by atoms with Crippen molar-refractivity contribution < 1.29 is 0 Å². The van der Waals surface area contributed by atoms with Crippen molar-refractivity contribution in [3.63, 3.8) is 0 Å². The zero-order valence-corrected chi connectivity index (χ0v) is 10.6. The van der Waals surface area contributed by atoms with Gasteiger partial charge in [0.15, 0.2) is 0 Å². The van der Waals surface area contributed by atoms with Crippen LogP contribution in [-0.4, -0.2) is 23.2 Å². The normalized spacial score (nSPS) is 14.9. The summed E-state index contributed by atoms with van der Waals surface area (Å²) in [7, 11) is 0. The highest BCUT2D eigenvalue weighted by Gasteiger charge is 2.19. The van der Waals surface area contributed by atoms with Crippen LogP contribution in [0.1, 0.15) is 6.42 Å². The van der Waals surface area contributed by atoms with Crippen LogP contribution in [0.15, 0.2) is 47.8 Å². The second kappa shape index (κ2) is 5.16. The predicted octanol–water partition coefficient (Wildman–Crippen LogP) is 3.01. The van der Waals surface area contributed by atoms with Crippen molar-refractivity contribution in [3.8, 4) is 0 Å². The molecule has 0 saturated carbocycles. The Bertz CT molecular complexity index is 389. The summed E-state index contributed by atoms with van der Waals surface area (Å²) in [6, 6.07) is 10.1. The van der Waals surface area contributed by atoms with Gasteiger partial charge in [-0.25, -0.2) is 5.01 Å². The van der Waals surface area contributed by atoms with Crippen LogP contribution >= 0.6 is 15.9 Å². The van der Waals surface area contributed by atoms with Crippen LogP contribution in [0.4, 0.5) is 5.69 Å². The van der Waals surface area contributed by atoms with E-state index in [1.807, 2.05) is 46.6 Å². The molecule has 1 aliphatic rings. The second-order valence-electron chi connectivity index (χ2n) is 3.52. The Morgan fingerprint density at radius 2 is 2.00 bits per heavy atom. The summed E-state index contributed by atoms with van der Waals surface area (Å²) < 4.78 is 0. The third-order valence-electron chi connectivity index (χ3n) is 2.42. The van der Waals surface area contributed by atoms with E-state index >= 15 is 0 Å². The molecule has 3 nitrogen and oxygen atoms in total. The summed E-state index contributed by atoms with van der Waals surface area (Å²) in [6.07, 6.45) is 2.87. The van der Waals surface area contributed by atoms with E-state index in [2.05, 4.69) is 27.6 Å². The zero-order valence-electron chi connectivity index (χ0n) is 9.01. The molecule has 0 saturated heterocycles. The molecule has 0 bridgehead atoms. The molecule has 0 aromatic heterocycles. The molecule has 16 heavy (non-hydrogen) atoms. The number of hydrogen-bond donors (Lipinski definition) is 0. The lowest BCUT2D eigenvalue weighted by molar-refractivity contribution is 0.382. The van der Waals surface area contributed by atoms with Gasteiger partial charge in [-0.15, -0.1) is 0 Å². The van der Waals surface area contributed by atoms with E-state index in [0.717, 1.165) is 29.8 Å². The Morgan fingerprint density at radius 1 is 1.25 bits per heavy atom. The Balaban J connectivity index is 2.06. The molecule has 0 amide bonds. The Hall–Kier alpha value is -1.29. The highest BCUT2D eigenvalue weighted by molar-refractivity contribution is 9.09. The molecular weight excluding hydrogens is 266 g/mol. The van der Waals surface area contributed by atoms with E-state index in [0.29, 0.717) is 0 Å². The minimum Gasteiger partial charge on any atom is -0.284 e. The van der Waals surface area contributed by atoms with Crippen molar-refractivity contribution in [1.82, 2.24) is 5.01 Å². The monoisotopic (exact) mass is 279 g/mol. The lowest BCUT2D eigenvalue weighted by Crippen LogP contribution is -2.23. The van der Waals surface area contributed by atoms with E-state index in [9.17, 15) is 0 Å². The quantitative estimate of drug-likeness (QED) is 0.789. The minimum atomic E-state index is 0.893. The van der Waals surface area contributed by atoms with E-state index < -0.39 is 0 Å². The van der Waals surface area contributed by atoms with Gasteiger partial charge in [-0.3, -0.25) is 4.90 Å². The van der Waals surface area contributed by atoms with Crippen LogP contribution in [0.2, 0.25) is 0 Å². The van der Waals surface area contributed by atoms with Crippen molar-refractivity contribution in [2.24, 2.45) is 5.10 Å². The maximum atomic E-state index is 4.33. The maximum absolute atomic E-state index is 4.33. The van der Waals surface area contributed by atoms with Gasteiger partial charge >= 0.3 is 0 Å². The van der Waals surface area contributed by atoms with Crippen LogP contribution < -0.4 is 4.90 Å². The highest BCUT2D eigenvalue weighted by atomic mass is 79.9. The standard InChI is InChI=1S/C12H14BrN3/c1-11-15(12-6-3-2-4-7-12)10-14-16(11)9-5-8-13/h2-4,6-7,10H,1,5,8-9H2. The number of anilines is 1. The summed E-state index contributed by atoms with van der Waals surface area (Å²) in [6.45, 7) is 4.95. The summed E-state index contributed by atoms with van der Waals surface area (Å²) in [5.74, 6) is 0.909. The average molecular weight is 280 g/mol. The van der Waals surface area contributed by atoms with E-state index in [4.69, 9.17) is 0 Å². The first-order chi connectivity index (χ1) is 7.83. The van der Waals surface area contributed by atoms with Crippen molar-refractivity contribution in [1.29, 1.82) is 0 Å². The number of alkyl halides is 1. The van der Waals surface area contributed by atoms with Gasteiger partial charge in [-0.2, -0.15) is 5.10 Å². The predicted molar refractivity (Wildman–Crippen MR) is 71.7 cm³/mol. The third-order valence-corrected chi connectivity index (χ3v) is 2.98. The van der Waals surface area contributed by atoms with Gasteiger partial charge < -0.3 is 0 Å². The molecule has 0 N–H and O–H groups in total. The Labute approximate surface area is 104 Å². The molecule has 0 spiro atoms. The number of rotatable bonds is 4. The largest absolute Gasteiger partial charge is 0.284 e. The fraction of sp³-hybridized carbons (Fsp3) is 0.250. The van der Waals surface area contributed by atoms with Gasteiger partial charge in [0.05, 0.1) is 0 Å². The molecule has 0 aliphatic carbocycles. The summed E-state index contributed by atoms with van der Waals surface area (Å²) in [4.78, 5) is 1.99. The SMILES string of the molecule is C=C1N(CCCBr)N=CN1c1ccccc1. The number of hydrogen-bond acceptors (Lipinski definition) is 3. The van der Waals surface area contributed by atoms with Gasteiger partial charge in [0.25, 0.3) is 0 Å². The molecule has 0 fully saturated rings. The summed E-state index contributed by atoms with van der Waals surface area (Å²) in [5, 5.41) is 7.23. The molecule has 2 rings (SSSR count). The molecule has 0 radical (unpaired) electrons. The first-order valence-electron chi connectivity index (χ1n) is 5.23. The third kappa shape index (κ3) is 2.27. The van der Waals surface area contributed by atoms with Crippen LogP contribution in [0.25, 0.3) is 0 Å². The molecular formula is C12H14BrN3. The number of halogens is 1. The molecule has 84 valence electrons. The van der Waals surface area contributed by atoms with Gasteiger partial charge in [-0.05, 0) is 18.6 Å². The first-order valence-corrected chi connectivity index (χ1v) is 6.36. The molecule has 1 aromatic rings. The van der Waals surface area contributed by atoms with E-state index in [1.165, 1.54) is 0 Å². The molecule has 4 heteroatoms. The van der Waals surface area contributed by atoms with Gasteiger partial charge in [0.2, 0.25) is 0 Å². The van der Waals surface area contributed by atoms with Crippen LogP contribution in [0, 0.1) is 0 Å². The zero-order chi connectivity index (χ0) is 11.4. The lowest BCUT2D eigenvalue weighted by atomic mass is 10.3. The Kier molecular flexibility index (Phi) is 3.62. The maximum Gasteiger partial charge on any atom is 0.127 e. The first kappa shape index (κ1) is 11.2. The van der Waals surface area contributed by atoms with E-state index in [1.54, 1.807) is 0 Å². The molecule has 0 unspecified atom stereocenters. The van der Waals surface area contributed by atoms with Crippen molar-refractivity contribution >= 4 is 28.0 Å². The number of nitrogens with zero attached hydrogens (tertiary/aromatic N) is 3. The fourth-order valence-electron chi connectivity index (χ4n) is 1.57. The lowest BCUT2D eigenvalue weighted by Gasteiger charge is -2.21. The summed E-state index contributed by atoms with van der Waals surface area (Å²) >= 11 is 3.41. The highest BCUT2D eigenvalue weighted by Crippen LogP contribution is 2.23. The van der Waals surface area contributed by atoms with Crippen LogP contribution in [0.5, 0.6) is 0 Å². The van der Waals surface area contributed by atoms with Crippen molar-refractivity contribution in [2.45, 2.75) is 6.42 Å². The van der Waals surface area contributed by atoms with Crippen molar-refractivity contribution in [3.05, 3.63) is 42.7 Å².